The van der Waals surface area contributed by atoms with Crippen LogP contribution in [0.25, 0.3) is 0 Å². The zero-order valence-electron chi connectivity index (χ0n) is 12.0. The summed E-state index contributed by atoms with van der Waals surface area (Å²) in [6, 6.07) is 10.5. The monoisotopic (exact) mass is 258 g/mol. The van der Waals surface area contributed by atoms with Gasteiger partial charge in [0.1, 0.15) is 0 Å². The average molecular weight is 258 g/mol. The first-order chi connectivity index (χ1) is 9.04. The van der Waals surface area contributed by atoms with E-state index in [1.165, 1.54) is 11.1 Å². The maximum atomic E-state index is 12.2. The highest BCUT2D eigenvalue weighted by Crippen LogP contribution is 2.09. The van der Waals surface area contributed by atoms with Crippen LogP contribution in [0, 0.1) is 18.3 Å². The quantitative estimate of drug-likeness (QED) is 0.787. The fourth-order valence-corrected chi connectivity index (χ4v) is 2.10. The van der Waals surface area contributed by atoms with E-state index in [9.17, 15) is 4.79 Å². The molecule has 0 saturated carbocycles. The van der Waals surface area contributed by atoms with Gasteiger partial charge in [-0.05, 0) is 32.8 Å². The molecule has 1 aromatic rings. The standard InChI is InChI=1S/C16H22N2O/c1-13(2)18(11-5-10-17)16(19)9-8-15-7-4-6-14(3)12-15/h4,6-7,12-13H,5,8-9,11H2,1-3H3. The summed E-state index contributed by atoms with van der Waals surface area (Å²) in [6.45, 7) is 6.56. The van der Waals surface area contributed by atoms with Crippen LogP contribution in [-0.4, -0.2) is 23.4 Å². The van der Waals surface area contributed by atoms with Crippen molar-refractivity contribution in [1.29, 1.82) is 5.26 Å². The number of carbonyl (C=O) groups excluding carboxylic acids is 1. The zero-order chi connectivity index (χ0) is 14.3. The predicted octanol–water partition coefficient (Wildman–Crippen LogP) is 3.08. The lowest BCUT2D eigenvalue weighted by Gasteiger charge is -2.25. The fraction of sp³-hybridized carbons (Fsp3) is 0.500. The Labute approximate surface area is 115 Å². The Bertz CT molecular complexity index is 460. The van der Waals surface area contributed by atoms with E-state index in [1.54, 1.807) is 4.90 Å². The minimum Gasteiger partial charge on any atom is -0.339 e. The second-order valence-corrected chi connectivity index (χ2v) is 5.08. The van der Waals surface area contributed by atoms with Gasteiger partial charge in [-0.15, -0.1) is 0 Å². The van der Waals surface area contributed by atoms with Gasteiger partial charge in [0, 0.05) is 19.0 Å². The second-order valence-electron chi connectivity index (χ2n) is 5.08. The van der Waals surface area contributed by atoms with Crippen molar-refractivity contribution in [1.82, 2.24) is 4.90 Å². The topological polar surface area (TPSA) is 44.1 Å². The van der Waals surface area contributed by atoms with Crippen LogP contribution in [0.4, 0.5) is 0 Å². The van der Waals surface area contributed by atoms with Crippen LogP contribution >= 0.6 is 0 Å². The molecule has 0 atom stereocenters. The van der Waals surface area contributed by atoms with Gasteiger partial charge in [-0.2, -0.15) is 5.26 Å². The highest BCUT2D eigenvalue weighted by Gasteiger charge is 2.16. The van der Waals surface area contributed by atoms with E-state index in [1.807, 2.05) is 19.9 Å². The molecule has 1 amide bonds. The summed E-state index contributed by atoms with van der Waals surface area (Å²) in [7, 11) is 0. The molecule has 1 aromatic carbocycles. The largest absolute Gasteiger partial charge is 0.339 e. The molecule has 1 rings (SSSR count). The fourth-order valence-electron chi connectivity index (χ4n) is 2.10. The Morgan fingerprint density at radius 3 is 2.74 bits per heavy atom. The molecular formula is C16H22N2O. The van der Waals surface area contributed by atoms with Gasteiger partial charge < -0.3 is 4.90 Å². The minimum atomic E-state index is 0.131. The minimum absolute atomic E-state index is 0.131. The van der Waals surface area contributed by atoms with Crippen molar-refractivity contribution in [3.63, 3.8) is 0 Å². The predicted molar refractivity (Wildman–Crippen MR) is 76.6 cm³/mol. The first kappa shape index (κ1) is 15.2. The molecule has 3 heteroatoms. The lowest BCUT2D eigenvalue weighted by molar-refractivity contribution is -0.132. The van der Waals surface area contributed by atoms with E-state index in [-0.39, 0.29) is 11.9 Å². The van der Waals surface area contributed by atoms with Crippen molar-refractivity contribution in [3.05, 3.63) is 35.4 Å². The Balaban J connectivity index is 2.55. The van der Waals surface area contributed by atoms with Crippen molar-refractivity contribution in [2.24, 2.45) is 0 Å². The second kappa shape index (κ2) is 7.58. The SMILES string of the molecule is Cc1cccc(CCC(=O)N(CCC#N)C(C)C)c1. The summed E-state index contributed by atoms with van der Waals surface area (Å²) in [4.78, 5) is 14.0. The molecule has 0 fully saturated rings. The number of hydrogen-bond donors (Lipinski definition) is 0. The van der Waals surface area contributed by atoms with E-state index in [4.69, 9.17) is 5.26 Å². The van der Waals surface area contributed by atoms with Crippen LogP contribution in [0.1, 0.15) is 37.8 Å². The molecule has 0 saturated heterocycles. The van der Waals surface area contributed by atoms with Crippen LogP contribution in [0.15, 0.2) is 24.3 Å². The Hall–Kier alpha value is -1.82. The number of aryl methyl sites for hydroxylation is 2. The highest BCUT2D eigenvalue weighted by molar-refractivity contribution is 5.76. The van der Waals surface area contributed by atoms with Gasteiger partial charge >= 0.3 is 0 Å². The van der Waals surface area contributed by atoms with Gasteiger partial charge in [0.15, 0.2) is 0 Å². The lowest BCUT2D eigenvalue weighted by atomic mass is 10.1. The van der Waals surface area contributed by atoms with Gasteiger partial charge in [-0.25, -0.2) is 0 Å². The van der Waals surface area contributed by atoms with Crippen molar-refractivity contribution >= 4 is 5.91 Å². The maximum absolute atomic E-state index is 12.2. The lowest BCUT2D eigenvalue weighted by Crippen LogP contribution is -2.37. The van der Waals surface area contributed by atoms with E-state index < -0.39 is 0 Å². The van der Waals surface area contributed by atoms with E-state index >= 15 is 0 Å². The molecule has 0 N–H and O–H groups in total. The van der Waals surface area contributed by atoms with E-state index in [0.717, 1.165) is 6.42 Å². The third-order valence-corrected chi connectivity index (χ3v) is 3.12. The molecule has 0 spiro atoms. The molecule has 0 aliphatic heterocycles. The molecule has 0 radical (unpaired) electrons. The average Bonchev–Trinajstić information content (AvgIpc) is 2.36. The summed E-state index contributed by atoms with van der Waals surface area (Å²) in [6.07, 6.45) is 1.66. The van der Waals surface area contributed by atoms with Crippen molar-refractivity contribution < 1.29 is 4.79 Å². The smallest absolute Gasteiger partial charge is 0.223 e. The van der Waals surface area contributed by atoms with Gasteiger partial charge in [-0.1, -0.05) is 29.8 Å². The first-order valence-corrected chi connectivity index (χ1v) is 6.76. The van der Waals surface area contributed by atoms with Crippen LogP contribution < -0.4 is 0 Å². The summed E-state index contributed by atoms with van der Waals surface area (Å²) < 4.78 is 0. The van der Waals surface area contributed by atoms with Gasteiger partial charge in [-0.3, -0.25) is 4.79 Å². The number of nitriles is 1. The Morgan fingerprint density at radius 1 is 1.42 bits per heavy atom. The Kier molecular flexibility index (Phi) is 6.08. The van der Waals surface area contributed by atoms with E-state index in [2.05, 4.69) is 31.2 Å². The normalized spacial score (nSPS) is 10.3. The van der Waals surface area contributed by atoms with Gasteiger partial charge in [0.2, 0.25) is 5.91 Å². The van der Waals surface area contributed by atoms with Crippen molar-refractivity contribution in [3.8, 4) is 6.07 Å². The molecule has 0 bridgehead atoms. The number of benzene rings is 1. The molecule has 102 valence electrons. The van der Waals surface area contributed by atoms with Crippen LogP contribution in [0.2, 0.25) is 0 Å². The van der Waals surface area contributed by atoms with Gasteiger partial charge in [0.25, 0.3) is 0 Å². The summed E-state index contributed by atoms with van der Waals surface area (Å²) in [5.41, 5.74) is 2.41. The first-order valence-electron chi connectivity index (χ1n) is 6.76. The number of nitrogens with zero attached hydrogens (tertiary/aromatic N) is 2. The molecule has 0 unspecified atom stereocenters. The molecule has 19 heavy (non-hydrogen) atoms. The molecule has 0 aromatic heterocycles. The van der Waals surface area contributed by atoms with Crippen LogP contribution in [0.5, 0.6) is 0 Å². The number of rotatable bonds is 6. The number of carbonyl (C=O) groups is 1. The summed E-state index contributed by atoms with van der Waals surface area (Å²) >= 11 is 0. The molecular weight excluding hydrogens is 236 g/mol. The molecule has 0 heterocycles. The number of hydrogen-bond acceptors (Lipinski definition) is 2. The maximum Gasteiger partial charge on any atom is 0.223 e. The van der Waals surface area contributed by atoms with Crippen LogP contribution in [-0.2, 0) is 11.2 Å². The molecule has 3 nitrogen and oxygen atoms in total. The summed E-state index contributed by atoms with van der Waals surface area (Å²) in [5, 5.41) is 8.63. The molecule has 0 aliphatic carbocycles. The molecule has 0 aliphatic rings. The van der Waals surface area contributed by atoms with Crippen LogP contribution in [0.3, 0.4) is 0 Å². The Morgan fingerprint density at radius 2 is 2.16 bits per heavy atom. The summed E-state index contributed by atoms with van der Waals surface area (Å²) in [5.74, 6) is 0.131. The highest BCUT2D eigenvalue weighted by atomic mass is 16.2. The third-order valence-electron chi connectivity index (χ3n) is 3.12. The van der Waals surface area contributed by atoms with Gasteiger partial charge in [0.05, 0.1) is 12.5 Å². The van der Waals surface area contributed by atoms with E-state index in [0.29, 0.717) is 19.4 Å². The zero-order valence-corrected chi connectivity index (χ0v) is 12.0. The van der Waals surface area contributed by atoms with Crippen molar-refractivity contribution in [2.45, 2.75) is 46.1 Å². The number of amides is 1. The van der Waals surface area contributed by atoms with Crippen molar-refractivity contribution in [2.75, 3.05) is 6.54 Å². The third kappa shape index (κ3) is 5.13.